The molecule has 6 heteroatoms. The van der Waals surface area contributed by atoms with Crippen molar-refractivity contribution >= 4 is 11.4 Å². The van der Waals surface area contributed by atoms with Crippen molar-refractivity contribution in [1.29, 1.82) is 0 Å². The Bertz CT molecular complexity index is 664. The maximum Gasteiger partial charge on any atom is 0.274 e. The van der Waals surface area contributed by atoms with Gasteiger partial charge in [0.05, 0.1) is 16.7 Å². The predicted molar refractivity (Wildman–Crippen MR) is 82.5 cm³/mol. The number of nitrogens with one attached hydrogen (secondary N) is 1. The Morgan fingerprint density at radius 3 is 2.71 bits per heavy atom. The van der Waals surface area contributed by atoms with Crippen molar-refractivity contribution in [1.82, 2.24) is 9.78 Å². The third kappa shape index (κ3) is 3.21. The van der Waals surface area contributed by atoms with Crippen LogP contribution in [0.4, 0.5) is 11.4 Å². The highest BCUT2D eigenvalue weighted by Crippen LogP contribution is 2.27. The van der Waals surface area contributed by atoms with E-state index in [0.717, 1.165) is 22.5 Å². The van der Waals surface area contributed by atoms with E-state index in [1.807, 2.05) is 46.1 Å². The molecular weight excluding hydrogens is 268 g/mol. The predicted octanol–water partition coefficient (Wildman–Crippen LogP) is 3.37. The summed E-state index contributed by atoms with van der Waals surface area (Å²) in [6, 6.07) is 5.32. The molecule has 0 saturated carbocycles. The minimum Gasteiger partial charge on any atom is -0.378 e. The Morgan fingerprint density at radius 1 is 1.48 bits per heavy atom. The number of hydrogen-bond acceptors (Lipinski definition) is 4. The Balaban J connectivity index is 2.25. The van der Waals surface area contributed by atoms with Gasteiger partial charge < -0.3 is 5.32 Å². The van der Waals surface area contributed by atoms with Crippen LogP contribution in [0.15, 0.2) is 24.4 Å². The molecule has 0 aliphatic heterocycles. The lowest BCUT2D eigenvalue weighted by Gasteiger charge is -2.15. The van der Waals surface area contributed by atoms with Crippen molar-refractivity contribution < 1.29 is 4.92 Å². The van der Waals surface area contributed by atoms with E-state index in [-0.39, 0.29) is 16.7 Å². The second-order valence-electron chi connectivity index (χ2n) is 5.16. The zero-order valence-electron chi connectivity index (χ0n) is 12.8. The van der Waals surface area contributed by atoms with E-state index in [1.54, 1.807) is 10.7 Å². The minimum atomic E-state index is -0.329. The molecule has 1 atom stereocenters. The summed E-state index contributed by atoms with van der Waals surface area (Å²) in [7, 11) is 1.88. The van der Waals surface area contributed by atoms with Crippen LogP contribution in [-0.4, -0.2) is 14.7 Å². The fourth-order valence-electron chi connectivity index (χ4n) is 2.49. The molecule has 112 valence electrons. The van der Waals surface area contributed by atoms with Gasteiger partial charge in [-0.05, 0) is 26.3 Å². The summed E-state index contributed by atoms with van der Waals surface area (Å²) in [5, 5.41) is 18.7. The second kappa shape index (κ2) is 5.95. The molecule has 1 aromatic heterocycles. The molecule has 1 unspecified atom stereocenters. The topological polar surface area (TPSA) is 73.0 Å². The van der Waals surface area contributed by atoms with Gasteiger partial charge in [0.1, 0.15) is 0 Å². The first-order valence-electron chi connectivity index (χ1n) is 6.96. The van der Waals surface area contributed by atoms with Crippen LogP contribution in [0.3, 0.4) is 0 Å². The maximum absolute atomic E-state index is 11.1. The van der Waals surface area contributed by atoms with Crippen LogP contribution in [0.1, 0.15) is 36.7 Å². The molecule has 0 bridgehead atoms. The molecule has 1 heterocycles. The zero-order valence-corrected chi connectivity index (χ0v) is 12.8. The largest absolute Gasteiger partial charge is 0.378 e. The van der Waals surface area contributed by atoms with Gasteiger partial charge in [-0.2, -0.15) is 5.10 Å². The third-order valence-corrected chi connectivity index (χ3v) is 3.56. The van der Waals surface area contributed by atoms with Crippen LogP contribution in [0.2, 0.25) is 0 Å². The quantitative estimate of drug-likeness (QED) is 0.676. The molecule has 0 radical (unpaired) electrons. The number of hydrogen-bond donors (Lipinski definition) is 1. The lowest BCUT2D eigenvalue weighted by Crippen LogP contribution is -2.07. The molecule has 0 fully saturated rings. The molecule has 0 saturated heterocycles. The summed E-state index contributed by atoms with van der Waals surface area (Å²) in [5.41, 5.74) is 3.69. The Kier molecular flexibility index (Phi) is 4.26. The molecule has 0 aliphatic carbocycles. The number of nitro groups is 1. The van der Waals surface area contributed by atoms with Gasteiger partial charge >= 0.3 is 0 Å². The highest BCUT2D eigenvalue weighted by molar-refractivity contribution is 5.56. The zero-order chi connectivity index (χ0) is 15.6. The number of rotatable bonds is 5. The molecule has 0 spiro atoms. The second-order valence-corrected chi connectivity index (χ2v) is 5.16. The molecule has 2 rings (SSSR count). The molecule has 0 aliphatic rings. The van der Waals surface area contributed by atoms with Gasteiger partial charge in [-0.1, -0.05) is 13.0 Å². The van der Waals surface area contributed by atoms with Crippen LogP contribution in [-0.2, 0) is 13.5 Å². The lowest BCUT2D eigenvalue weighted by atomic mass is 10.1. The van der Waals surface area contributed by atoms with Crippen molar-refractivity contribution in [2.75, 3.05) is 5.32 Å². The Hall–Kier alpha value is -2.37. The highest BCUT2D eigenvalue weighted by Gasteiger charge is 2.16. The number of anilines is 1. The number of nitro benzene ring substituents is 1. The molecular formula is C15H20N4O2. The highest BCUT2D eigenvalue weighted by atomic mass is 16.6. The fraction of sp³-hybridized carbons (Fsp3) is 0.400. The summed E-state index contributed by atoms with van der Waals surface area (Å²) in [6.45, 7) is 5.89. The van der Waals surface area contributed by atoms with Gasteiger partial charge in [0.15, 0.2) is 0 Å². The van der Waals surface area contributed by atoms with Crippen molar-refractivity contribution in [3.05, 3.63) is 51.3 Å². The van der Waals surface area contributed by atoms with E-state index >= 15 is 0 Å². The van der Waals surface area contributed by atoms with Crippen LogP contribution >= 0.6 is 0 Å². The van der Waals surface area contributed by atoms with E-state index in [0.29, 0.717) is 6.42 Å². The smallest absolute Gasteiger partial charge is 0.274 e. The average molecular weight is 288 g/mol. The summed E-state index contributed by atoms with van der Waals surface area (Å²) in [4.78, 5) is 10.8. The van der Waals surface area contributed by atoms with Crippen molar-refractivity contribution in [3.8, 4) is 0 Å². The van der Waals surface area contributed by atoms with E-state index in [1.165, 1.54) is 0 Å². The van der Waals surface area contributed by atoms with Gasteiger partial charge in [0, 0.05) is 36.1 Å². The number of benzene rings is 1. The van der Waals surface area contributed by atoms with Crippen LogP contribution in [0, 0.1) is 17.0 Å². The van der Waals surface area contributed by atoms with Crippen LogP contribution in [0.25, 0.3) is 0 Å². The summed E-state index contributed by atoms with van der Waals surface area (Å²) in [5.74, 6) is 0. The Labute approximate surface area is 123 Å². The van der Waals surface area contributed by atoms with E-state index in [4.69, 9.17) is 0 Å². The first-order chi connectivity index (χ1) is 9.92. The first kappa shape index (κ1) is 15.0. The van der Waals surface area contributed by atoms with Gasteiger partial charge in [-0.3, -0.25) is 14.8 Å². The summed E-state index contributed by atoms with van der Waals surface area (Å²) >= 11 is 0. The van der Waals surface area contributed by atoms with E-state index in [2.05, 4.69) is 10.4 Å². The van der Waals surface area contributed by atoms with Crippen LogP contribution in [0.5, 0.6) is 0 Å². The molecule has 21 heavy (non-hydrogen) atoms. The number of aryl methyl sites for hydroxylation is 3. The maximum atomic E-state index is 11.1. The average Bonchev–Trinajstić information content (AvgIpc) is 2.77. The lowest BCUT2D eigenvalue weighted by molar-refractivity contribution is -0.385. The Morgan fingerprint density at radius 2 is 2.19 bits per heavy atom. The normalized spacial score (nSPS) is 12.2. The van der Waals surface area contributed by atoms with Crippen molar-refractivity contribution in [3.63, 3.8) is 0 Å². The molecule has 1 N–H and O–H groups in total. The molecule has 6 nitrogen and oxygen atoms in total. The SMILES string of the molecule is CCc1ccc(NC(C)c2cn(C)nc2C)cc1[N+](=O)[O-]. The van der Waals surface area contributed by atoms with Crippen molar-refractivity contribution in [2.24, 2.45) is 7.05 Å². The van der Waals surface area contributed by atoms with Crippen molar-refractivity contribution in [2.45, 2.75) is 33.2 Å². The van der Waals surface area contributed by atoms with Gasteiger partial charge in [0.25, 0.3) is 5.69 Å². The van der Waals surface area contributed by atoms with E-state index in [9.17, 15) is 10.1 Å². The third-order valence-electron chi connectivity index (χ3n) is 3.56. The van der Waals surface area contributed by atoms with Gasteiger partial charge in [0.2, 0.25) is 0 Å². The number of nitrogens with zero attached hydrogens (tertiary/aromatic N) is 3. The molecule has 0 amide bonds. The van der Waals surface area contributed by atoms with Gasteiger partial charge in [-0.15, -0.1) is 0 Å². The first-order valence-corrected chi connectivity index (χ1v) is 6.96. The summed E-state index contributed by atoms with van der Waals surface area (Å²) in [6.07, 6.45) is 2.61. The van der Waals surface area contributed by atoms with Gasteiger partial charge in [-0.25, -0.2) is 0 Å². The standard InChI is InChI=1S/C15H20N4O2/c1-5-12-6-7-13(8-15(12)19(20)21)16-10(2)14-9-18(4)17-11(14)3/h6-10,16H,5H2,1-4H3. The molecule has 2 aromatic rings. The minimum absolute atomic E-state index is 0.0331. The van der Waals surface area contributed by atoms with E-state index < -0.39 is 0 Å². The van der Waals surface area contributed by atoms with Crippen LogP contribution < -0.4 is 5.32 Å². The monoisotopic (exact) mass is 288 g/mol. The molecule has 1 aromatic carbocycles. The number of aromatic nitrogens is 2. The summed E-state index contributed by atoms with van der Waals surface area (Å²) < 4.78 is 1.77. The fourth-order valence-corrected chi connectivity index (χ4v) is 2.49.